The summed E-state index contributed by atoms with van der Waals surface area (Å²) in [6.07, 6.45) is 2.55. The van der Waals surface area contributed by atoms with Crippen molar-refractivity contribution in [2.24, 2.45) is 0 Å². The SMILES string of the molecule is CC(C)(C)OC(=O)N1CCOC(c2cc[n+](O)cc2)C1. The van der Waals surface area contributed by atoms with Crippen LogP contribution in [0.5, 0.6) is 0 Å². The number of aromatic nitrogens is 1. The first-order chi connectivity index (χ1) is 9.35. The normalized spacial score (nSPS) is 19.8. The highest BCUT2D eigenvalue weighted by atomic mass is 16.6. The van der Waals surface area contributed by atoms with E-state index in [0.29, 0.717) is 19.7 Å². The molecule has 1 N–H and O–H groups in total. The van der Waals surface area contributed by atoms with Crippen LogP contribution in [0.4, 0.5) is 4.79 Å². The molecule has 6 nitrogen and oxygen atoms in total. The highest BCUT2D eigenvalue weighted by Gasteiger charge is 2.29. The number of hydrogen-bond acceptors (Lipinski definition) is 4. The Morgan fingerprint density at radius 3 is 2.70 bits per heavy atom. The molecule has 0 saturated carbocycles. The third kappa shape index (κ3) is 3.84. The van der Waals surface area contributed by atoms with Crippen LogP contribution in [-0.2, 0) is 9.47 Å². The molecule has 1 aliphatic heterocycles. The van der Waals surface area contributed by atoms with Gasteiger partial charge in [0.25, 0.3) is 0 Å². The van der Waals surface area contributed by atoms with Crippen LogP contribution in [-0.4, -0.2) is 41.5 Å². The number of nitrogens with zero attached hydrogens (tertiary/aromatic N) is 2. The van der Waals surface area contributed by atoms with Crippen molar-refractivity contribution in [3.63, 3.8) is 0 Å². The van der Waals surface area contributed by atoms with E-state index in [1.54, 1.807) is 17.0 Å². The third-order valence-electron chi connectivity index (χ3n) is 2.93. The van der Waals surface area contributed by atoms with Gasteiger partial charge in [-0.25, -0.2) is 4.79 Å². The number of morpholine rings is 1. The molecule has 110 valence electrons. The van der Waals surface area contributed by atoms with Gasteiger partial charge in [-0.3, -0.25) is 5.21 Å². The van der Waals surface area contributed by atoms with Gasteiger partial charge in [0.1, 0.15) is 11.7 Å². The Kier molecular flexibility index (Phi) is 4.13. The van der Waals surface area contributed by atoms with Crippen molar-refractivity contribution in [3.05, 3.63) is 30.1 Å². The summed E-state index contributed by atoms with van der Waals surface area (Å²) in [7, 11) is 0. The molecule has 1 unspecified atom stereocenters. The minimum Gasteiger partial charge on any atom is -0.444 e. The summed E-state index contributed by atoms with van der Waals surface area (Å²) in [4.78, 5) is 13.7. The van der Waals surface area contributed by atoms with Crippen LogP contribution in [0.1, 0.15) is 32.4 Å². The third-order valence-corrected chi connectivity index (χ3v) is 2.93. The van der Waals surface area contributed by atoms with Crippen LogP contribution in [0.3, 0.4) is 0 Å². The van der Waals surface area contributed by atoms with E-state index in [2.05, 4.69) is 0 Å². The van der Waals surface area contributed by atoms with Crippen LogP contribution >= 0.6 is 0 Å². The van der Waals surface area contributed by atoms with Crippen molar-refractivity contribution >= 4 is 6.09 Å². The van der Waals surface area contributed by atoms with Gasteiger partial charge in [-0.2, -0.15) is 0 Å². The number of carbonyl (C=O) groups excluding carboxylic acids is 1. The average molecular weight is 281 g/mol. The van der Waals surface area contributed by atoms with Crippen molar-refractivity contribution < 1.29 is 24.2 Å². The van der Waals surface area contributed by atoms with Crippen molar-refractivity contribution in [1.29, 1.82) is 0 Å². The van der Waals surface area contributed by atoms with E-state index in [1.807, 2.05) is 20.8 Å². The summed E-state index contributed by atoms with van der Waals surface area (Å²) >= 11 is 0. The Balaban J connectivity index is 2.01. The molecule has 0 bridgehead atoms. The van der Waals surface area contributed by atoms with E-state index in [-0.39, 0.29) is 12.2 Å². The van der Waals surface area contributed by atoms with Gasteiger partial charge in [-0.05, 0) is 26.3 Å². The molecule has 2 rings (SSSR count). The molecule has 1 amide bonds. The summed E-state index contributed by atoms with van der Waals surface area (Å²) in [6.45, 7) is 6.99. The lowest BCUT2D eigenvalue weighted by Gasteiger charge is -2.34. The molecule has 0 aromatic carbocycles. The van der Waals surface area contributed by atoms with E-state index in [9.17, 15) is 10.0 Å². The molecule has 1 fully saturated rings. The quantitative estimate of drug-likeness (QED) is 0.626. The topological polar surface area (TPSA) is 62.9 Å². The molecule has 1 saturated heterocycles. The van der Waals surface area contributed by atoms with Gasteiger partial charge >= 0.3 is 6.09 Å². The van der Waals surface area contributed by atoms with Crippen molar-refractivity contribution in [2.45, 2.75) is 32.5 Å². The van der Waals surface area contributed by atoms with Gasteiger partial charge in [0, 0.05) is 23.4 Å². The molecule has 0 radical (unpaired) electrons. The lowest BCUT2D eigenvalue weighted by atomic mass is 10.1. The number of pyridine rings is 1. The van der Waals surface area contributed by atoms with Crippen LogP contribution < -0.4 is 4.73 Å². The maximum atomic E-state index is 12.0. The van der Waals surface area contributed by atoms with Crippen molar-refractivity contribution in [1.82, 2.24) is 4.90 Å². The highest BCUT2D eigenvalue weighted by molar-refractivity contribution is 5.68. The first-order valence-electron chi connectivity index (χ1n) is 6.65. The van der Waals surface area contributed by atoms with Gasteiger partial charge in [0.05, 0.1) is 13.2 Å². The molecule has 1 aromatic rings. The number of amides is 1. The average Bonchev–Trinajstić information content (AvgIpc) is 2.38. The monoisotopic (exact) mass is 281 g/mol. The second-order valence-corrected chi connectivity index (χ2v) is 5.80. The Morgan fingerprint density at radius 1 is 1.45 bits per heavy atom. The van der Waals surface area contributed by atoms with Gasteiger partial charge in [0.2, 0.25) is 12.4 Å². The molecule has 2 heterocycles. The molecule has 1 aliphatic rings. The summed E-state index contributed by atoms with van der Waals surface area (Å²) in [6, 6.07) is 3.53. The molecule has 6 heteroatoms. The molecular formula is C14H21N2O4+. The van der Waals surface area contributed by atoms with Gasteiger partial charge in [-0.1, -0.05) is 0 Å². The highest BCUT2D eigenvalue weighted by Crippen LogP contribution is 2.22. The standard InChI is InChI=1S/C14H21N2O4/c1-14(2,3)20-13(17)15-8-9-19-12(10-15)11-4-6-16(18)7-5-11/h4-7,12,18H,8-10H2,1-3H3/q+1. The fourth-order valence-corrected chi connectivity index (χ4v) is 1.99. The van der Waals surface area contributed by atoms with Gasteiger partial charge in [-0.15, -0.1) is 0 Å². The van der Waals surface area contributed by atoms with E-state index in [4.69, 9.17) is 9.47 Å². The molecule has 1 aromatic heterocycles. The summed E-state index contributed by atoms with van der Waals surface area (Å²) in [5, 5.41) is 9.21. The van der Waals surface area contributed by atoms with Crippen molar-refractivity contribution in [3.8, 4) is 0 Å². The minimum atomic E-state index is -0.500. The van der Waals surface area contributed by atoms with Crippen LogP contribution in [0, 0.1) is 0 Å². The van der Waals surface area contributed by atoms with Gasteiger partial charge in [0.15, 0.2) is 0 Å². The maximum absolute atomic E-state index is 12.0. The van der Waals surface area contributed by atoms with Crippen molar-refractivity contribution in [2.75, 3.05) is 19.7 Å². The summed E-state index contributed by atoms with van der Waals surface area (Å²) in [5.74, 6) is 0. The Hall–Kier alpha value is -1.82. The fraction of sp³-hybridized carbons (Fsp3) is 0.571. The lowest BCUT2D eigenvalue weighted by Crippen LogP contribution is -2.44. The first kappa shape index (κ1) is 14.6. The molecule has 20 heavy (non-hydrogen) atoms. The zero-order valence-electron chi connectivity index (χ0n) is 12.1. The van der Waals surface area contributed by atoms with E-state index in [0.717, 1.165) is 10.3 Å². The lowest BCUT2D eigenvalue weighted by molar-refractivity contribution is -0.904. The molecule has 0 spiro atoms. The van der Waals surface area contributed by atoms with Crippen LogP contribution in [0.15, 0.2) is 24.5 Å². The minimum absolute atomic E-state index is 0.197. The summed E-state index contributed by atoms with van der Waals surface area (Å²) < 4.78 is 12.0. The molecular weight excluding hydrogens is 260 g/mol. The van der Waals surface area contributed by atoms with E-state index in [1.165, 1.54) is 12.4 Å². The molecule has 0 aliphatic carbocycles. The number of hydrogen-bond donors (Lipinski definition) is 1. The van der Waals surface area contributed by atoms with Gasteiger partial charge < -0.3 is 14.4 Å². The van der Waals surface area contributed by atoms with E-state index >= 15 is 0 Å². The van der Waals surface area contributed by atoms with E-state index < -0.39 is 5.60 Å². The van der Waals surface area contributed by atoms with Crippen LogP contribution in [0.2, 0.25) is 0 Å². The zero-order valence-corrected chi connectivity index (χ0v) is 12.1. The number of carbonyl (C=O) groups is 1. The fourth-order valence-electron chi connectivity index (χ4n) is 1.99. The maximum Gasteiger partial charge on any atom is 0.410 e. The number of rotatable bonds is 1. The Morgan fingerprint density at radius 2 is 2.10 bits per heavy atom. The Bertz CT molecular complexity index is 467. The largest absolute Gasteiger partial charge is 0.444 e. The first-order valence-corrected chi connectivity index (χ1v) is 6.65. The smallest absolute Gasteiger partial charge is 0.410 e. The molecule has 1 atom stereocenters. The second kappa shape index (κ2) is 5.66. The Labute approximate surface area is 118 Å². The second-order valence-electron chi connectivity index (χ2n) is 5.80. The number of ether oxygens (including phenoxy) is 2. The van der Waals surface area contributed by atoms with Crippen LogP contribution in [0.25, 0.3) is 0 Å². The summed E-state index contributed by atoms with van der Waals surface area (Å²) in [5.41, 5.74) is 0.420. The predicted octanol–water partition coefficient (Wildman–Crippen LogP) is 1.52. The predicted molar refractivity (Wildman–Crippen MR) is 70.3 cm³/mol. The zero-order chi connectivity index (χ0) is 14.8.